The number of anilines is 1. The summed E-state index contributed by atoms with van der Waals surface area (Å²) >= 11 is 1.43. The van der Waals surface area contributed by atoms with Crippen molar-refractivity contribution in [2.24, 2.45) is 5.92 Å². The second-order valence-corrected chi connectivity index (χ2v) is 4.68. The molecule has 1 fully saturated rings. The van der Waals surface area contributed by atoms with Gasteiger partial charge in [0.05, 0.1) is 0 Å². The summed E-state index contributed by atoms with van der Waals surface area (Å²) in [5.74, 6) is 0.833. The maximum atomic E-state index is 4.14. The molecule has 1 aliphatic heterocycles. The molecule has 1 unspecified atom stereocenters. The lowest BCUT2D eigenvalue weighted by Crippen LogP contribution is -2.20. The monoisotopic (exact) mass is 212 g/mol. The maximum absolute atomic E-state index is 4.14. The van der Waals surface area contributed by atoms with Crippen LogP contribution >= 0.6 is 11.5 Å². The molecule has 0 aromatic carbocycles. The van der Waals surface area contributed by atoms with E-state index in [1.165, 1.54) is 31.0 Å². The molecule has 0 spiro atoms. The molecule has 4 nitrogen and oxygen atoms in total. The molecule has 0 saturated carbocycles. The smallest absolute Gasteiger partial charge is 0.134 e. The minimum Gasteiger partial charge on any atom is -0.377 e. The molecule has 0 bridgehead atoms. The summed E-state index contributed by atoms with van der Waals surface area (Å²) in [4.78, 5) is 2.45. The van der Waals surface area contributed by atoms with Gasteiger partial charge in [0.25, 0.3) is 0 Å². The van der Waals surface area contributed by atoms with Gasteiger partial charge in [0, 0.05) is 31.7 Å². The second kappa shape index (κ2) is 4.23. The van der Waals surface area contributed by atoms with E-state index in [-0.39, 0.29) is 0 Å². The first-order valence-corrected chi connectivity index (χ1v) is 5.78. The van der Waals surface area contributed by atoms with Crippen LogP contribution in [0.5, 0.6) is 0 Å². The van der Waals surface area contributed by atoms with Gasteiger partial charge < -0.3 is 5.32 Å². The number of hydrogen-bond acceptors (Lipinski definition) is 5. The van der Waals surface area contributed by atoms with Crippen molar-refractivity contribution in [2.45, 2.75) is 19.9 Å². The summed E-state index contributed by atoms with van der Waals surface area (Å²) < 4.78 is 3.96. The topological polar surface area (TPSA) is 41.1 Å². The lowest BCUT2D eigenvalue weighted by Gasteiger charge is -2.13. The first kappa shape index (κ1) is 9.86. The van der Waals surface area contributed by atoms with Crippen molar-refractivity contribution < 1.29 is 0 Å². The zero-order chi connectivity index (χ0) is 9.97. The molecule has 0 radical (unpaired) electrons. The SMILES string of the molecule is CNc1snnc1CN1CCC(C)C1. The number of likely N-dealkylation sites (tertiary alicyclic amines) is 1. The Labute approximate surface area is 88.5 Å². The molecular weight excluding hydrogens is 196 g/mol. The van der Waals surface area contributed by atoms with E-state index in [1.807, 2.05) is 7.05 Å². The van der Waals surface area contributed by atoms with E-state index in [1.54, 1.807) is 0 Å². The van der Waals surface area contributed by atoms with Gasteiger partial charge >= 0.3 is 0 Å². The van der Waals surface area contributed by atoms with E-state index in [0.29, 0.717) is 0 Å². The van der Waals surface area contributed by atoms with Crippen LogP contribution in [0.1, 0.15) is 19.0 Å². The van der Waals surface area contributed by atoms with Crippen LogP contribution in [0, 0.1) is 5.92 Å². The Kier molecular flexibility index (Phi) is 2.98. The molecule has 1 saturated heterocycles. The molecule has 14 heavy (non-hydrogen) atoms. The van der Waals surface area contributed by atoms with Crippen LogP contribution in [0.3, 0.4) is 0 Å². The lowest BCUT2D eigenvalue weighted by atomic mass is 10.2. The van der Waals surface area contributed by atoms with Gasteiger partial charge in [-0.05, 0) is 18.9 Å². The molecule has 1 N–H and O–H groups in total. The Balaban J connectivity index is 1.97. The minimum absolute atomic E-state index is 0.833. The third kappa shape index (κ3) is 2.04. The van der Waals surface area contributed by atoms with Gasteiger partial charge in [0.15, 0.2) is 0 Å². The van der Waals surface area contributed by atoms with Crippen molar-refractivity contribution in [2.75, 3.05) is 25.5 Å². The Hall–Kier alpha value is -0.680. The van der Waals surface area contributed by atoms with E-state index < -0.39 is 0 Å². The van der Waals surface area contributed by atoms with E-state index in [4.69, 9.17) is 0 Å². The summed E-state index contributed by atoms with van der Waals surface area (Å²) in [6, 6.07) is 0. The van der Waals surface area contributed by atoms with E-state index in [9.17, 15) is 0 Å². The van der Waals surface area contributed by atoms with Gasteiger partial charge in [-0.3, -0.25) is 4.90 Å². The van der Waals surface area contributed by atoms with Gasteiger partial charge in [-0.2, -0.15) is 0 Å². The second-order valence-electron chi connectivity index (χ2n) is 3.93. The normalized spacial score (nSPS) is 22.9. The largest absolute Gasteiger partial charge is 0.377 e. The molecule has 78 valence electrons. The molecule has 5 heteroatoms. The van der Waals surface area contributed by atoms with E-state index >= 15 is 0 Å². The molecular formula is C9H16N4S. The first-order chi connectivity index (χ1) is 6.79. The van der Waals surface area contributed by atoms with Crippen molar-refractivity contribution in [1.82, 2.24) is 14.5 Å². The molecule has 2 heterocycles. The average Bonchev–Trinajstić information content (AvgIpc) is 2.76. The van der Waals surface area contributed by atoms with E-state index in [2.05, 4.69) is 26.7 Å². The van der Waals surface area contributed by atoms with Crippen molar-refractivity contribution in [1.29, 1.82) is 0 Å². The summed E-state index contributed by atoms with van der Waals surface area (Å²) in [5, 5.41) is 8.37. The summed E-state index contributed by atoms with van der Waals surface area (Å²) in [6.07, 6.45) is 1.31. The number of nitrogens with zero attached hydrogens (tertiary/aromatic N) is 3. The standard InChI is InChI=1S/C9H16N4S/c1-7-3-4-13(5-7)6-8-9(10-2)14-12-11-8/h7,10H,3-6H2,1-2H3. The van der Waals surface area contributed by atoms with Gasteiger partial charge in [0.1, 0.15) is 10.7 Å². The number of hydrogen-bond donors (Lipinski definition) is 1. The Morgan fingerprint density at radius 3 is 3.14 bits per heavy atom. The van der Waals surface area contributed by atoms with E-state index in [0.717, 1.165) is 23.2 Å². The number of nitrogens with one attached hydrogen (secondary N) is 1. The summed E-state index contributed by atoms with van der Waals surface area (Å²) in [7, 11) is 1.92. The van der Waals surface area contributed by atoms with Gasteiger partial charge in [-0.1, -0.05) is 11.4 Å². The zero-order valence-corrected chi connectivity index (χ0v) is 9.47. The third-order valence-electron chi connectivity index (χ3n) is 2.66. The first-order valence-electron chi connectivity index (χ1n) is 5.01. The van der Waals surface area contributed by atoms with Crippen LogP contribution in [0.4, 0.5) is 5.00 Å². The molecule has 0 aliphatic carbocycles. The number of aromatic nitrogens is 2. The van der Waals surface area contributed by atoms with Crippen LogP contribution in [0.15, 0.2) is 0 Å². The average molecular weight is 212 g/mol. The van der Waals surface area contributed by atoms with Crippen molar-refractivity contribution in [3.63, 3.8) is 0 Å². The third-order valence-corrected chi connectivity index (χ3v) is 3.45. The highest BCUT2D eigenvalue weighted by Crippen LogP contribution is 2.22. The Morgan fingerprint density at radius 1 is 1.64 bits per heavy atom. The van der Waals surface area contributed by atoms with Gasteiger partial charge in [-0.25, -0.2) is 0 Å². The van der Waals surface area contributed by atoms with Gasteiger partial charge in [-0.15, -0.1) is 5.10 Å². The van der Waals surface area contributed by atoms with Crippen LogP contribution in [-0.4, -0.2) is 34.6 Å². The zero-order valence-electron chi connectivity index (χ0n) is 8.66. The summed E-state index contributed by atoms with van der Waals surface area (Å²) in [5.41, 5.74) is 1.09. The lowest BCUT2D eigenvalue weighted by molar-refractivity contribution is 0.317. The fraction of sp³-hybridized carbons (Fsp3) is 0.778. The highest BCUT2D eigenvalue weighted by Gasteiger charge is 2.20. The Bertz CT molecular complexity index is 299. The fourth-order valence-electron chi connectivity index (χ4n) is 1.88. The molecule has 1 aliphatic rings. The van der Waals surface area contributed by atoms with Gasteiger partial charge in [0.2, 0.25) is 0 Å². The Morgan fingerprint density at radius 2 is 2.50 bits per heavy atom. The quantitative estimate of drug-likeness (QED) is 0.822. The van der Waals surface area contributed by atoms with Crippen molar-refractivity contribution in [3.8, 4) is 0 Å². The van der Waals surface area contributed by atoms with Crippen molar-refractivity contribution in [3.05, 3.63) is 5.69 Å². The summed E-state index contributed by atoms with van der Waals surface area (Å²) in [6.45, 7) is 5.64. The molecule has 1 atom stereocenters. The molecule has 1 aromatic rings. The molecule has 1 aromatic heterocycles. The van der Waals surface area contributed by atoms with Crippen LogP contribution in [0.25, 0.3) is 0 Å². The maximum Gasteiger partial charge on any atom is 0.134 e. The van der Waals surface area contributed by atoms with Crippen LogP contribution in [-0.2, 0) is 6.54 Å². The highest BCUT2D eigenvalue weighted by molar-refractivity contribution is 7.10. The number of rotatable bonds is 3. The van der Waals surface area contributed by atoms with Crippen molar-refractivity contribution >= 4 is 16.5 Å². The minimum atomic E-state index is 0.833. The predicted octanol–water partition coefficient (Wildman–Crippen LogP) is 1.42. The molecule has 2 rings (SSSR count). The van der Waals surface area contributed by atoms with Crippen LogP contribution in [0.2, 0.25) is 0 Å². The predicted molar refractivity (Wildman–Crippen MR) is 58.5 cm³/mol. The fourth-order valence-corrected chi connectivity index (χ4v) is 2.41. The van der Waals surface area contributed by atoms with Crippen LogP contribution < -0.4 is 5.32 Å². The molecule has 0 amide bonds. The highest BCUT2D eigenvalue weighted by atomic mass is 32.1.